The fourth-order valence-electron chi connectivity index (χ4n) is 2.27. The van der Waals surface area contributed by atoms with Gasteiger partial charge in [0.15, 0.2) is 0 Å². The zero-order valence-electron chi connectivity index (χ0n) is 12.8. The van der Waals surface area contributed by atoms with Crippen LogP contribution in [-0.4, -0.2) is 20.2 Å². The quantitative estimate of drug-likeness (QED) is 0.461. The Bertz CT molecular complexity index is 1030. The molecule has 24 heavy (non-hydrogen) atoms. The van der Waals surface area contributed by atoms with Crippen molar-refractivity contribution in [3.05, 3.63) is 46.1 Å². The number of aromatic nitrogens is 4. The van der Waals surface area contributed by atoms with E-state index in [2.05, 4.69) is 34.0 Å². The lowest BCUT2D eigenvalue weighted by Gasteiger charge is -1.99. The number of aryl methyl sites for hydroxylation is 2. The van der Waals surface area contributed by atoms with E-state index in [0.717, 1.165) is 20.8 Å². The van der Waals surface area contributed by atoms with Crippen molar-refractivity contribution in [1.29, 1.82) is 0 Å². The van der Waals surface area contributed by atoms with Gasteiger partial charge in [-0.3, -0.25) is 0 Å². The first kappa shape index (κ1) is 15.6. The third-order valence-electron chi connectivity index (χ3n) is 3.61. The molecule has 0 fully saturated rings. The molecule has 0 radical (unpaired) electrons. The van der Waals surface area contributed by atoms with Crippen LogP contribution < -0.4 is 0 Å². The van der Waals surface area contributed by atoms with E-state index in [0.29, 0.717) is 16.1 Å². The molecule has 8 heteroatoms. The molecule has 0 unspecified atom stereocenters. The van der Waals surface area contributed by atoms with Gasteiger partial charge in [0.05, 0.1) is 0 Å². The molecule has 4 aromatic rings. The molecule has 4 rings (SSSR count). The fourth-order valence-corrected chi connectivity index (χ4v) is 4.28. The molecule has 3 aromatic heterocycles. The molecule has 0 aliphatic heterocycles. The third-order valence-corrected chi connectivity index (χ3v) is 5.82. The number of hydrogen-bond acceptors (Lipinski definition) is 7. The van der Waals surface area contributed by atoms with Crippen molar-refractivity contribution in [2.75, 3.05) is 0 Å². The van der Waals surface area contributed by atoms with Crippen LogP contribution in [0.2, 0.25) is 5.02 Å². The van der Waals surface area contributed by atoms with Gasteiger partial charge in [-0.2, -0.15) is 0 Å². The van der Waals surface area contributed by atoms with Crippen LogP contribution in [0.5, 0.6) is 0 Å². The molecule has 0 atom stereocenters. The predicted molar refractivity (Wildman–Crippen MR) is 95.8 cm³/mol. The standard InChI is InChI=1S/C16H11ClN4OS2/c1-8-9(2)23-14-12(8)15(19-7-18-14)24-16-21-20-13(22-16)10-3-5-11(17)6-4-10/h3-7H,1-2H3. The van der Waals surface area contributed by atoms with Crippen LogP contribution in [-0.2, 0) is 0 Å². The maximum absolute atomic E-state index is 5.90. The molecular formula is C16H11ClN4OS2. The van der Waals surface area contributed by atoms with E-state index < -0.39 is 0 Å². The van der Waals surface area contributed by atoms with Crippen LogP contribution in [0.3, 0.4) is 0 Å². The zero-order valence-corrected chi connectivity index (χ0v) is 15.2. The highest BCUT2D eigenvalue weighted by Gasteiger charge is 2.16. The van der Waals surface area contributed by atoms with E-state index in [1.54, 1.807) is 29.8 Å². The Morgan fingerprint density at radius 3 is 2.67 bits per heavy atom. The lowest BCUT2D eigenvalue weighted by molar-refractivity contribution is 0.465. The van der Waals surface area contributed by atoms with E-state index in [4.69, 9.17) is 16.0 Å². The Balaban J connectivity index is 1.68. The van der Waals surface area contributed by atoms with E-state index in [1.807, 2.05) is 12.1 Å². The van der Waals surface area contributed by atoms with Crippen molar-refractivity contribution in [3.8, 4) is 11.5 Å². The summed E-state index contributed by atoms with van der Waals surface area (Å²) in [5.41, 5.74) is 2.02. The number of fused-ring (bicyclic) bond motifs is 1. The first-order valence-corrected chi connectivity index (χ1v) is 9.11. The average Bonchev–Trinajstić information content (AvgIpc) is 3.14. The molecule has 0 spiro atoms. The summed E-state index contributed by atoms with van der Waals surface area (Å²) in [6, 6.07) is 7.28. The minimum Gasteiger partial charge on any atom is -0.411 e. The molecule has 0 aliphatic carbocycles. The van der Waals surface area contributed by atoms with E-state index in [9.17, 15) is 0 Å². The average molecular weight is 375 g/mol. The summed E-state index contributed by atoms with van der Waals surface area (Å²) in [7, 11) is 0. The monoisotopic (exact) mass is 374 g/mol. The second-order valence-electron chi connectivity index (χ2n) is 5.12. The van der Waals surface area contributed by atoms with Crippen LogP contribution in [0.1, 0.15) is 10.4 Å². The topological polar surface area (TPSA) is 64.7 Å². The highest BCUT2D eigenvalue weighted by Crippen LogP contribution is 2.37. The highest BCUT2D eigenvalue weighted by atomic mass is 35.5. The lowest BCUT2D eigenvalue weighted by Crippen LogP contribution is -1.85. The van der Waals surface area contributed by atoms with Crippen LogP contribution in [0.15, 0.2) is 45.3 Å². The second kappa shape index (κ2) is 6.16. The molecular weight excluding hydrogens is 364 g/mol. The second-order valence-corrected chi connectivity index (χ2v) is 7.70. The van der Waals surface area contributed by atoms with Crippen LogP contribution in [0.25, 0.3) is 21.7 Å². The van der Waals surface area contributed by atoms with Crippen LogP contribution >= 0.6 is 34.7 Å². The van der Waals surface area contributed by atoms with Crippen molar-refractivity contribution in [2.45, 2.75) is 24.1 Å². The van der Waals surface area contributed by atoms with Gasteiger partial charge >= 0.3 is 0 Å². The van der Waals surface area contributed by atoms with E-state index in [-0.39, 0.29) is 0 Å². The molecule has 120 valence electrons. The summed E-state index contributed by atoms with van der Waals surface area (Å²) >= 11 is 8.92. The number of rotatable bonds is 3. The summed E-state index contributed by atoms with van der Waals surface area (Å²) < 4.78 is 5.75. The first-order chi connectivity index (χ1) is 11.6. The molecule has 0 saturated carbocycles. The van der Waals surface area contributed by atoms with Crippen molar-refractivity contribution in [1.82, 2.24) is 20.2 Å². The predicted octanol–water partition coefficient (Wildman–Crippen LogP) is 5.16. The summed E-state index contributed by atoms with van der Waals surface area (Å²) in [4.78, 5) is 10.9. The molecule has 1 aromatic carbocycles. The summed E-state index contributed by atoms with van der Waals surface area (Å²) in [5, 5.41) is 11.2. The third kappa shape index (κ3) is 2.79. The van der Waals surface area contributed by atoms with Crippen molar-refractivity contribution in [2.24, 2.45) is 0 Å². The fraction of sp³-hybridized carbons (Fsp3) is 0.125. The number of hydrogen-bond donors (Lipinski definition) is 0. The van der Waals surface area contributed by atoms with E-state index >= 15 is 0 Å². The minimum absolute atomic E-state index is 0.447. The van der Waals surface area contributed by atoms with E-state index in [1.165, 1.54) is 22.2 Å². The van der Waals surface area contributed by atoms with Crippen molar-refractivity contribution >= 4 is 44.9 Å². The van der Waals surface area contributed by atoms with Gasteiger partial charge in [-0.25, -0.2) is 9.97 Å². The Morgan fingerprint density at radius 2 is 1.88 bits per heavy atom. The number of thiophene rings is 1. The SMILES string of the molecule is Cc1sc2ncnc(Sc3nnc(-c4ccc(Cl)cc4)o3)c2c1C. The summed E-state index contributed by atoms with van der Waals surface area (Å²) in [6.45, 7) is 4.16. The highest BCUT2D eigenvalue weighted by molar-refractivity contribution is 7.99. The van der Waals surface area contributed by atoms with Crippen molar-refractivity contribution in [3.63, 3.8) is 0 Å². The maximum Gasteiger partial charge on any atom is 0.283 e. The molecule has 0 N–H and O–H groups in total. The summed E-state index contributed by atoms with van der Waals surface area (Å²) in [6.07, 6.45) is 1.57. The Hall–Kier alpha value is -1.96. The van der Waals surface area contributed by atoms with Gasteiger partial charge in [0.25, 0.3) is 5.22 Å². The van der Waals surface area contributed by atoms with Crippen LogP contribution in [0, 0.1) is 13.8 Å². The van der Waals surface area contributed by atoms with Gasteiger partial charge in [0.1, 0.15) is 16.2 Å². The number of nitrogens with zero attached hydrogens (tertiary/aromatic N) is 4. The summed E-state index contributed by atoms with van der Waals surface area (Å²) in [5.74, 6) is 0.456. The maximum atomic E-state index is 5.90. The molecule has 0 aliphatic rings. The Morgan fingerprint density at radius 1 is 1.08 bits per heavy atom. The smallest absolute Gasteiger partial charge is 0.283 e. The molecule has 3 heterocycles. The molecule has 0 bridgehead atoms. The number of benzene rings is 1. The van der Waals surface area contributed by atoms with Gasteiger partial charge in [0.2, 0.25) is 5.89 Å². The molecule has 5 nitrogen and oxygen atoms in total. The Labute approximate surface area is 151 Å². The minimum atomic E-state index is 0.447. The van der Waals surface area contributed by atoms with Gasteiger partial charge in [0, 0.05) is 20.8 Å². The first-order valence-electron chi connectivity index (χ1n) is 7.10. The van der Waals surface area contributed by atoms with Gasteiger partial charge < -0.3 is 4.42 Å². The largest absolute Gasteiger partial charge is 0.411 e. The molecule has 0 saturated heterocycles. The normalized spacial score (nSPS) is 11.3. The van der Waals surface area contributed by atoms with Gasteiger partial charge in [-0.1, -0.05) is 11.6 Å². The van der Waals surface area contributed by atoms with Crippen LogP contribution in [0.4, 0.5) is 0 Å². The zero-order chi connectivity index (χ0) is 16.7. The molecule has 0 amide bonds. The Kier molecular flexibility index (Phi) is 3.99. The number of halogens is 1. The van der Waals surface area contributed by atoms with Crippen molar-refractivity contribution < 1.29 is 4.42 Å². The lowest BCUT2D eigenvalue weighted by atomic mass is 10.2. The van der Waals surface area contributed by atoms with Gasteiger partial charge in [-0.05, 0) is 55.4 Å². The van der Waals surface area contributed by atoms with Gasteiger partial charge in [-0.15, -0.1) is 21.5 Å².